The molecule has 1 aromatic rings. The molecule has 2 rings (SSSR count). The van der Waals surface area contributed by atoms with Crippen LogP contribution in [-0.4, -0.2) is 24.2 Å². The second-order valence-corrected chi connectivity index (χ2v) is 4.87. The van der Waals surface area contributed by atoms with Crippen LogP contribution in [0.25, 0.3) is 0 Å². The molecule has 1 aromatic carbocycles. The Morgan fingerprint density at radius 1 is 1.44 bits per heavy atom. The van der Waals surface area contributed by atoms with Gasteiger partial charge in [-0.25, -0.2) is 0 Å². The predicted molar refractivity (Wildman–Crippen MR) is 68.9 cm³/mol. The van der Waals surface area contributed by atoms with Gasteiger partial charge in [0.25, 0.3) is 5.91 Å². The van der Waals surface area contributed by atoms with Gasteiger partial charge in [-0.05, 0) is 37.0 Å². The van der Waals surface area contributed by atoms with Crippen molar-refractivity contribution in [3.8, 4) is 11.5 Å². The molecule has 0 bridgehead atoms. The van der Waals surface area contributed by atoms with Crippen LogP contribution < -0.4 is 10.1 Å². The largest absolute Gasteiger partial charge is 0.507 e. The van der Waals surface area contributed by atoms with Gasteiger partial charge in [-0.1, -0.05) is 13.3 Å². The Morgan fingerprint density at radius 2 is 2.22 bits per heavy atom. The van der Waals surface area contributed by atoms with Gasteiger partial charge in [0.2, 0.25) is 0 Å². The summed E-state index contributed by atoms with van der Waals surface area (Å²) in [5, 5.41) is 12.7. The molecule has 1 amide bonds. The molecule has 18 heavy (non-hydrogen) atoms. The first-order chi connectivity index (χ1) is 8.61. The zero-order chi connectivity index (χ0) is 13.1. The monoisotopic (exact) mass is 249 g/mol. The SMILES string of the molecule is COc1ccc(O)c(C(=O)NC2CCCC2C)c1. The van der Waals surface area contributed by atoms with Gasteiger partial charge in [-0.2, -0.15) is 0 Å². The molecule has 4 heteroatoms. The minimum absolute atomic E-state index is 0.0149. The maximum absolute atomic E-state index is 12.1. The highest BCUT2D eigenvalue weighted by Crippen LogP contribution is 2.27. The smallest absolute Gasteiger partial charge is 0.255 e. The van der Waals surface area contributed by atoms with Crippen molar-refractivity contribution >= 4 is 5.91 Å². The summed E-state index contributed by atoms with van der Waals surface area (Å²) in [6, 6.07) is 4.88. The highest BCUT2D eigenvalue weighted by molar-refractivity contribution is 5.97. The van der Waals surface area contributed by atoms with Crippen LogP contribution in [0.3, 0.4) is 0 Å². The zero-order valence-corrected chi connectivity index (χ0v) is 10.8. The fourth-order valence-corrected chi connectivity index (χ4v) is 2.43. The molecule has 0 aliphatic heterocycles. The summed E-state index contributed by atoms with van der Waals surface area (Å²) in [6.07, 6.45) is 3.31. The molecule has 98 valence electrons. The number of amides is 1. The molecule has 1 saturated carbocycles. The number of benzene rings is 1. The van der Waals surface area contributed by atoms with E-state index in [-0.39, 0.29) is 23.3 Å². The van der Waals surface area contributed by atoms with Gasteiger partial charge in [-0.15, -0.1) is 0 Å². The van der Waals surface area contributed by atoms with Crippen molar-refractivity contribution in [3.63, 3.8) is 0 Å². The Hall–Kier alpha value is -1.71. The molecule has 1 aliphatic rings. The summed E-state index contributed by atoms with van der Waals surface area (Å²) in [4.78, 5) is 12.1. The average molecular weight is 249 g/mol. The van der Waals surface area contributed by atoms with Crippen LogP contribution in [0.1, 0.15) is 36.5 Å². The minimum Gasteiger partial charge on any atom is -0.507 e. The van der Waals surface area contributed by atoms with Crippen molar-refractivity contribution in [3.05, 3.63) is 23.8 Å². The first kappa shape index (κ1) is 12.7. The van der Waals surface area contributed by atoms with Gasteiger partial charge < -0.3 is 15.2 Å². The maximum atomic E-state index is 12.1. The van der Waals surface area contributed by atoms with Crippen molar-refractivity contribution in [2.24, 2.45) is 5.92 Å². The van der Waals surface area contributed by atoms with Crippen LogP contribution in [0.4, 0.5) is 0 Å². The molecule has 2 unspecified atom stereocenters. The number of nitrogens with one attached hydrogen (secondary N) is 1. The van der Waals surface area contributed by atoms with E-state index in [4.69, 9.17) is 4.74 Å². The Labute approximate surface area is 107 Å². The molecule has 0 spiro atoms. The van der Waals surface area contributed by atoms with E-state index in [1.54, 1.807) is 12.1 Å². The lowest BCUT2D eigenvalue weighted by molar-refractivity contribution is 0.0926. The lowest BCUT2D eigenvalue weighted by Gasteiger charge is -2.17. The summed E-state index contributed by atoms with van der Waals surface area (Å²) in [5.74, 6) is 0.822. The average Bonchev–Trinajstić information content (AvgIpc) is 2.75. The predicted octanol–water partition coefficient (Wildman–Crippen LogP) is 2.32. The molecule has 2 N–H and O–H groups in total. The fourth-order valence-electron chi connectivity index (χ4n) is 2.43. The first-order valence-corrected chi connectivity index (χ1v) is 6.29. The quantitative estimate of drug-likeness (QED) is 0.864. The van der Waals surface area contributed by atoms with Crippen LogP contribution >= 0.6 is 0 Å². The van der Waals surface area contributed by atoms with Crippen LogP contribution in [0.15, 0.2) is 18.2 Å². The van der Waals surface area contributed by atoms with E-state index >= 15 is 0 Å². The lowest BCUT2D eigenvalue weighted by atomic mass is 10.1. The first-order valence-electron chi connectivity index (χ1n) is 6.29. The number of aromatic hydroxyl groups is 1. The maximum Gasteiger partial charge on any atom is 0.255 e. The zero-order valence-electron chi connectivity index (χ0n) is 10.8. The second-order valence-electron chi connectivity index (χ2n) is 4.87. The van der Waals surface area contributed by atoms with Crippen LogP contribution in [-0.2, 0) is 0 Å². The van der Waals surface area contributed by atoms with E-state index < -0.39 is 0 Å². The number of ether oxygens (including phenoxy) is 1. The third kappa shape index (κ3) is 2.58. The van der Waals surface area contributed by atoms with E-state index in [0.29, 0.717) is 11.7 Å². The van der Waals surface area contributed by atoms with E-state index in [1.807, 2.05) is 0 Å². The molecule has 1 fully saturated rings. The Balaban J connectivity index is 2.12. The molecular weight excluding hydrogens is 230 g/mol. The van der Waals surface area contributed by atoms with Crippen LogP contribution in [0, 0.1) is 5.92 Å². The Morgan fingerprint density at radius 3 is 2.83 bits per heavy atom. The molecular formula is C14H19NO3. The van der Waals surface area contributed by atoms with Gasteiger partial charge in [0.1, 0.15) is 11.5 Å². The summed E-state index contributed by atoms with van der Waals surface area (Å²) in [5.41, 5.74) is 0.272. The Kier molecular flexibility index (Phi) is 3.75. The number of carbonyl (C=O) groups is 1. The van der Waals surface area contributed by atoms with Crippen molar-refractivity contribution in [2.75, 3.05) is 7.11 Å². The van der Waals surface area contributed by atoms with E-state index in [0.717, 1.165) is 19.3 Å². The number of hydrogen-bond acceptors (Lipinski definition) is 3. The van der Waals surface area contributed by atoms with Gasteiger partial charge in [-0.3, -0.25) is 4.79 Å². The molecule has 4 nitrogen and oxygen atoms in total. The number of phenolic OH excluding ortho intramolecular Hbond substituents is 1. The molecule has 1 aliphatic carbocycles. The molecule has 2 atom stereocenters. The highest BCUT2D eigenvalue weighted by atomic mass is 16.5. The topological polar surface area (TPSA) is 58.6 Å². The van der Waals surface area contributed by atoms with E-state index in [2.05, 4.69) is 12.2 Å². The van der Waals surface area contributed by atoms with Gasteiger partial charge in [0.05, 0.1) is 12.7 Å². The number of phenols is 1. The van der Waals surface area contributed by atoms with Crippen molar-refractivity contribution in [1.29, 1.82) is 0 Å². The summed E-state index contributed by atoms with van der Waals surface area (Å²) in [6.45, 7) is 2.14. The molecule has 0 heterocycles. The summed E-state index contributed by atoms with van der Waals surface area (Å²) < 4.78 is 5.06. The minimum atomic E-state index is -0.231. The number of carbonyl (C=O) groups excluding carboxylic acids is 1. The van der Waals surface area contributed by atoms with Gasteiger partial charge >= 0.3 is 0 Å². The van der Waals surface area contributed by atoms with E-state index in [1.165, 1.54) is 13.2 Å². The summed E-state index contributed by atoms with van der Waals surface area (Å²) in [7, 11) is 1.53. The lowest BCUT2D eigenvalue weighted by Crippen LogP contribution is -2.36. The van der Waals surface area contributed by atoms with Crippen molar-refractivity contribution in [1.82, 2.24) is 5.32 Å². The van der Waals surface area contributed by atoms with Gasteiger partial charge in [0, 0.05) is 6.04 Å². The van der Waals surface area contributed by atoms with Crippen LogP contribution in [0.2, 0.25) is 0 Å². The summed E-state index contributed by atoms with van der Waals surface area (Å²) >= 11 is 0. The second kappa shape index (κ2) is 5.29. The van der Waals surface area contributed by atoms with E-state index in [9.17, 15) is 9.90 Å². The third-order valence-corrected chi connectivity index (χ3v) is 3.63. The number of rotatable bonds is 3. The molecule has 0 saturated heterocycles. The Bertz CT molecular complexity index is 445. The number of hydrogen-bond donors (Lipinski definition) is 2. The van der Waals surface area contributed by atoms with Gasteiger partial charge in [0.15, 0.2) is 0 Å². The molecule has 0 radical (unpaired) electrons. The fraction of sp³-hybridized carbons (Fsp3) is 0.500. The highest BCUT2D eigenvalue weighted by Gasteiger charge is 2.26. The normalized spacial score (nSPS) is 22.8. The van der Waals surface area contributed by atoms with Crippen molar-refractivity contribution < 1.29 is 14.6 Å². The third-order valence-electron chi connectivity index (χ3n) is 3.63. The van der Waals surface area contributed by atoms with Crippen LogP contribution in [0.5, 0.6) is 11.5 Å². The molecule has 0 aromatic heterocycles. The van der Waals surface area contributed by atoms with Crippen molar-refractivity contribution in [2.45, 2.75) is 32.2 Å². The standard InChI is InChI=1S/C14H19NO3/c1-9-4-3-5-12(9)15-14(17)11-8-10(18-2)6-7-13(11)16/h6-9,12,16H,3-5H2,1-2H3,(H,15,17). The number of methoxy groups -OCH3 is 1.